The molecule has 33 heavy (non-hydrogen) atoms. The standard InChI is InChI=1S/C24H36ClN3O4S/c1-18-15-26(16-19(2)32-18)17-21-8-7-13-28(21)24(29)20-9-10-22(25)23(14-20)33(30,31)27-11-5-3-4-6-12-27/h9-10,14,18-19,21H,3-8,11-13,15-17H2,1-2H3/t18-,19-,21-/m1/s1. The molecule has 4 rings (SSSR count). The lowest BCUT2D eigenvalue weighted by Crippen LogP contribution is -2.50. The van der Waals surface area contributed by atoms with E-state index in [4.69, 9.17) is 16.3 Å². The first-order valence-corrected chi connectivity index (χ1v) is 14.1. The minimum atomic E-state index is -3.74. The van der Waals surface area contributed by atoms with E-state index in [2.05, 4.69) is 18.7 Å². The molecular weight excluding hydrogens is 462 g/mol. The lowest BCUT2D eigenvalue weighted by atomic mass is 10.1. The molecule has 0 aromatic heterocycles. The number of morpholine rings is 1. The second-order valence-corrected chi connectivity index (χ2v) is 12.0. The van der Waals surface area contributed by atoms with E-state index in [0.29, 0.717) is 25.2 Å². The Hall–Kier alpha value is -1.19. The van der Waals surface area contributed by atoms with Gasteiger partial charge in [0.15, 0.2) is 0 Å². The normalized spacial score (nSPS) is 28.1. The summed E-state index contributed by atoms with van der Waals surface area (Å²) >= 11 is 6.34. The van der Waals surface area contributed by atoms with Gasteiger partial charge in [-0.15, -0.1) is 0 Å². The van der Waals surface area contributed by atoms with Crippen LogP contribution in [0.1, 0.15) is 62.7 Å². The van der Waals surface area contributed by atoms with Gasteiger partial charge >= 0.3 is 0 Å². The SMILES string of the molecule is C[C@@H]1CN(C[C@H]2CCCN2C(=O)c2ccc(Cl)c(S(=O)(=O)N3CCCCCC3)c2)C[C@@H](C)O1. The predicted octanol–water partition coefficient (Wildman–Crippen LogP) is 3.62. The Kier molecular flexibility index (Phi) is 8.01. The number of likely N-dealkylation sites (tertiary alicyclic amines) is 1. The van der Waals surface area contributed by atoms with Crippen LogP contribution in [0.4, 0.5) is 0 Å². The average molecular weight is 498 g/mol. The summed E-state index contributed by atoms with van der Waals surface area (Å²) in [5.41, 5.74) is 0.392. The van der Waals surface area contributed by atoms with E-state index >= 15 is 0 Å². The van der Waals surface area contributed by atoms with Gasteiger partial charge in [-0.05, 0) is 57.7 Å². The van der Waals surface area contributed by atoms with Crippen LogP contribution in [0.15, 0.2) is 23.1 Å². The fourth-order valence-electron chi connectivity index (χ4n) is 5.45. The number of amides is 1. The molecule has 7 nitrogen and oxygen atoms in total. The number of nitrogens with zero attached hydrogens (tertiary/aromatic N) is 3. The number of benzene rings is 1. The fraction of sp³-hybridized carbons (Fsp3) is 0.708. The smallest absolute Gasteiger partial charge is 0.254 e. The van der Waals surface area contributed by atoms with Crippen LogP contribution in [0.3, 0.4) is 0 Å². The Bertz CT molecular complexity index is 939. The van der Waals surface area contributed by atoms with Crippen LogP contribution in [0.5, 0.6) is 0 Å². The lowest BCUT2D eigenvalue weighted by molar-refractivity contribution is -0.0715. The second-order valence-electron chi connectivity index (χ2n) is 9.73. The van der Waals surface area contributed by atoms with Crippen LogP contribution >= 0.6 is 11.6 Å². The molecule has 0 unspecified atom stereocenters. The van der Waals surface area contributed by atoms with Gasteiger partial charge in [0.25, 0.3) is 5.91 Å². The summed E-state index contributed by atoms with van der Waals surface area (Å²) in [7, 11) is -3.74. The van der Waals surface area contributed by atoms with Gasteiger partial charge in [0.1, 0.15) is 4.90 Å². The van der Waals surface area contributed by atoms with Crippen molar-refractivity contribution in [2.75, 3.05) is 39.3 Å². The van der Waals surface area contributed by atoms with Crippen molar-refractivity contribution in [3.8, 4) is 0 Å². The summed E-state index contributed by atoms with van der Waals surface area (Å²) < 4.78 is 34.1. The zero-order chi connectivity index (χ0) is 23.6. The molecule has 0 saturated carbocycles. The molecule has 3 fully saturated rings. The van der Waals surface area contributed by atoms with Gasteiger partial charge in [-0.2, -0.15) is 4.31 Å². The van der Waals surface area contributed by atoms with Crippen molar-refractivity contribution in [1.29, 1.82) is 0 Å². The van der Waals surface area contributed by atoms with Crippen molar-refractivity contribution >= 4 is 27.5 Å². The van der Waals surface area contributed by atoms with Gasteiger partial charge in [-0.25, -0.2) is 8.42 Å². The van der Waals surface area contributed by atoms with Gasteiger partial charge in [-0.3, -0.25) is 9.69 Å². The number of sulfonamides is 1. The first-order valence-electron chi connectivity index (χ1n) is 12.2. The summed E-state index contributed by atoms with van der Waals surface area (Å²) in [6, 6.07) is 4.81. The minimum absolute atomic E-state index is 0.0449. The largest absolute Gasteiger partial charge is 0.373 e. The van der Waals surface area contributed by atoms with E-state index in [1.54, 1.807) is 12.1 Å². The van der Waals surface area contributed by atoms with Gasteiger partial charge in [0.2, 0.25) is 10.0 Å². The minimum Gasteiger partial charge on any atom is -0.373 e. The molecule has 1 aromatic carbocycles. The zero-order valence-corrected chi connectivity index (χ0v) is 21.3. The first kappa shape index (κ1) is 24.9. The van der Waals surface area contributed by atoms with E-state index in [0.717, 1.165) is 58.2 Å². The molecule has 3 saturated heterocycles. The van der Waals surface area contributed by atoms with Crippen molar-refractivity contribution in [3.05, 3.63) is 28.8 Å². The summed E-state index contributed by atoms with van der Waals surface area (Å²) in [4.78, 5) is 17.8. The average Bonchev–Trinajstić information content (AvgIpc) is 3.03. The number of hydrogen-bond acceptors (Lipinski definition) is 5. The van der Waals surface area contributed by atoms with Crippen LogP contribution in [0, 0.1) is 0 Å². The van der Waals surface area contributed by atoms with E-state index in [1.807, 2.05) is 4.90 Å². The fourth-order valence-corrected chi connectivity index (χ4v) is 7.46. The number of hydrogen-bond donors (Lipinski definition) is 0. The van der Waals surface area contributed by atoms with E-state index < -0.39 is 10.0 Å². The van der Waals surface area contributed by atoms with Gasteiger partial charge in [-0.1, -0.05) is 24.4 Å². The topological polar surface area (TPSA) is 70.2 Å². The molecule has 3 aliphatic rings. The monoisotopic (exact) mass is 497 g/mol. The summed E-state index contributed by atoms with van der Waals surface area (Å²) in [6.45, 7) is 8.40. The maximum atomic E-state index is 13.5. The molecule has 3 atom stereocenters. The number of carbonyl (C=O) groups is 1. The number of ether oxygens (including phenoxy) is 1. The Morgan fingerprint density at radius 1 is 1.03 bits per heavy atom. The molecule has 3 heterocycles. The second kappa shape index (κ2) is 10.6. The quantitative estimate of drug-likeness (QED) is 0.621. The van der Waals surface area contributed by atoms with Crippen molar-refractivity contribution < 1.29 is 17.9 Å². The number of halogens is 1. The first-order chi connectivity index (χ1) is 15.8. The lowest BCUT2D eigenvalue weighted by Gasteiger charge is -2.38. The molecular formula is C24H36ClN3O4S. The molecule has 0 bridgehead atoms. The molecule has 3 aliphatic heterocycles. The van der Waals surface area contributed by atoms with Crippen LogP contribution in [0.25, 0.3) is 0 Å². The van der Waals surface area contributed by atoms with Gasteiger partial charge in [0.05, 0.1) is 17.2 Å². The highest BCUT2D eigenvalue weighted by molar-refractivity contribution is 7.89. The highest BCUT2D eigenvalue weighted by Gasteiger charge is 2.34. The molecule has 0 spiro atoms. The van der Waals surface area contributed by atoms with Crippen molar-refractivity contribution in [3.63, 3.8) is 0 Å². The third kappa shape index (κ3) is 5.73. The molecule has 0 radical (unpaired) electrons. The molecule has 1 amide bonds. The Morgan fingerprint density at radius 2 is 1.70 bits per heavy atom. The molecule has 0 aliphatic carbocycles. The summed E-state index contributed by atoms with van der Waals surface area (Å²) in [5, 5.41) is 0.171. The molecule has 184 valence electrons. The van der Waals surface area contributed by atoms with Gasteiger partial charge in [0, 0.05) is 50.9 Å². The number of carbonyl (C=O) groups excluding carboxylic acids is 1. The Labute approximate surface area is 203 Å². The van der Waals surface area contributed by atoms with Crippen LogP contribution in [-0.2, 0) is 14.8 Å². The third-order valence-electron chi connectivity index (χ3n) is 6.96. The zero-order valence-electron chi connectivity index (χ0n) is 19.7. The number of rotatable bonds is 5. The maximum absolute atomic E-state index is 13.5. The Morgan fingerprint density at radius 3 is 2.36 bits per heavy atom. The predicted molar refractivity (Wildman–Crippen MR) is 129 cm³/mol. The summed E-state index contributed by atoms with van der Waals surface area (Å²) in [6.07, 6.45) is 6.05. The van der Waals surface area contributed by atoms with Crippen LogP contribution < -0.4 is 0 Å². The van der Waals surface area contributed by atoms with Crippen molar-refractivity contribution in [2.24, 2.45) is 0 Å². The van der Waals surface area contributed by atoms with E-state index in [9.17, 15) is 13.2 Å². The van der Waals surface area contributed by atoms with Gasteiger partial charge < -0.3 is 9.64 Å². The molecule has 9 heteroatoms. The van der Waals surface area contributed by atoms with Crippen molar-refractivity contribution in [2.45, 2.75) is 75.5 Å². The molecule has 1 aromatic rings. The Balaban J connectivity index is 1.52. The maximum Gasteiger partial charge on any atom is 0.254 e. The van der Waals surface area contributed by atoms with E-state index in [-0.39, 0.29) is 34.1 Å². The summed E-state index contributed by atoms with van der Waals surface area (Å²) in [5.74, 6) is -0.115. The third-order valence-corrected chi connectivity index (χ3v) is 9.34. The van der Waals surface area contributed by atoms with Crippen LogP contribution in [0.2, 0.25) is 5.02 Å². The molecule has 0 N–H and O–H groups in total. The highest BCUT2D eigenvalue weighted by atomic mass is 35.5. The van der Waals surface area contributed by atoms with E-state index in [1.165, 1.54) is 10.4 Å². The van der Waals surface area contributed by atoms with Crippen LogP contribution in [-0.4, -0.2) is 85.9 Å². The van der Waals surface area contributed by atoms with Crippen molar-refractivity contribution in [1.82, 2.24) is 14.1 Å². The highest BCUT2D eigenvalue weighted by Crippen LogP contribution is 2.29.